The number of nitriles is 1. The highest BCUT2D eigenvalue weighted by atomic mass is 35.5. The van der Waals surface area contributed by atoms with Crippen molar-refractivity contribution in [2.75, 3.05) is 12.8 Å². The summed E-state index contributed by atoms with van der Waals surface area (Å²) in [6.45, 7) is 0. The molecule has 0 aliphatic rings. The van der Waals surface area contributed by atoms with Gasteiger partial charge in [-0.25, -0.2) is 4.98 Å². The molecule has 0 radical (unpaired) electrons. The standard InChI is InChI=1S/C13H10ClN3O/c1-18-8-2-3-10(12(14)6-8)9-4-5-17-13(16)11(9)7-15/h2-6H,1H3,(H2,16,17). The monoisotopic (exact) mass is 259 g/mol. The molecule has 0 spiro atoms. The molecule has 1 aromatic heterocycles. The Balaban J connectivity index is 2.63. The zero-order valence-electron chi connectivity index (χ0n) is 9.64. The Morgan fingerprint density at radius 3 is 2.72 bits per heavy atom. The lowest BCUT2D eigenvalue weighted by Crippen LogP contribution is -1.97. The maximum Gasteiger partial charge on any atom is 0.141 e. The number of nitrogens with two attached hydrogens (primary N) is 1. The third kappa shape index (κ3) is 2.08. The number of hydrogen-bond acceptors (Lipinski definition) is 4. The molecule has 0 unspecified atom stereocenters. The van der Waals surface area contributed by atoms with Crippen molar-refractivity contribution in [3.05, 3.63) is 41.0 Å². The lowest BCUT2D eigenvalue weighted by atomic mass is 10.0. The largest absolute Gasteiger partial charge is 0.497 e. The maximum absolute atomic E-state index is 9.11. The first-order valence-corrected chi connectivity index (χ1v) is 5.53. The van der Waals surface area contributed by atoms with E-state index in [0.29, 0.717) is 21.9 Å². The molecule has 4 nitrogen and oxygen atoms in total. The Bertz CT molecular complexity index is 635. The number of ether oxygens (including phenoxy) is 1. The Hall–Kier alpha value is -2.25. The second-order valence-electron chi connectivity index (χ2n) is 3.58. The van der Waals surface area contributed by atoms with Crippen LogP contribution >= 0.6 is 11.6 Å². The van der Waals surface area contributed by atoms with Crippen LogP contribution < -0.4 is 10.5 Å². The van der Waals surface area contributed by atoms with E-state index in [-0.39, 0.29) is 5.82 Å². The Labute approximate surface area is 110 Å². The molecule has 2 N–H and O–H groups in total. The van der Waals surface area contributed by atoms with Crippen LogP contribution in [0.5, 0.6) is 5.75 Å². The fourth-order valence-electron chi connectivity index (χ4n) is 1.66. The molecule has 0 saturated carbocycles. The van der Waals surface area contributed by atoms with E-state index in [4.69, 9.17) is 27.3 Å². The molecule has 0 saturated heterocycles. The molecule has 0 fully saturated rings. The Morgan fingerprint density at radius 2 is 2.11 bits per heavy atom. The van der Waals surface area contributed by atoms with Crippen molar-refractivity contribution in [3.63, 3.8) is 0 Å². The molecule has 2 aromatic rings. The number of hydrogen-bond donors (Lipinski definition) is 1. The first-order chi connectivity index (χ1) is 8.67. The lowest BCUT2D eigenvalue weighted by Gasteiger charge is -2.09. The molecule has 90 valence electrons. The van der Waals surface area contributed by atoms with Crippen LogP contribution in [-0.2, 0) is 0 Å². The highest BCUT2D eigenvalue weighted by Crippen LogP contribution is 2.33. The average molecular weight is 260 g/mol. The summed E-state index contributed by atoms with van der Waals surface area (Å²) in [6, 6.07) is 9.01. The summed E-state index contributed by atoms with van der Waals surface area (Å²) in [4.78, 5) is 3.89. The maximum atomic E-state index is 9.11. The minimum atomic E-state index is 0.196. The van der Waals surface area contributed by atoms with Crippen LogP contribution in [0.2, 0.25) is 5.02 Å². The first-order valence-electron chi connectivity index (χ1n) is 5.16. The molecule has 18 heavy (non-hydrogen) atoms. The van der Waals surface area contributed by atoms with Gasteiger partial charge in [-0.3, -0.25) is 0 Å². The van der Waals surface area contributed by atoms with Crippen molar-refractivity contribution in [3.8, 4) is 22.9 Å². The SMILES string of the molecule is COc1ccc(-c2ccnc(N)c2C#N)c(Cl)c1. The van der Waals surface area contributed by atoms with Gasteiger partial charge in [0.25, 0.3) is 0 Å². The van der Waals surface area contributed by atoms with Crippen molar-refractivity contribution in [1.29, 1.82) is 5.26 Å². The molecule has 0 aliphatic carbocycles. The van der Waals surface area contributed by atoms with Crippen molar-refractivity contribution >= 4 is 17.4 Å². The van der Waals surface area contributed by atoms with Gasteiger partial charge in [0.05, 0.1) is 12.1 Å². The van der Waals surface area contributed by atoms with Gasteiger partial charge in [-0.2, -0.15) is 5.26 Å². The van der Waals surface area contributed by atoms with Crippen molar-refractivity contribution in [2.45, 2.75) is 0 Å². The number of methoxy groups -OCH3 is 1. The van der Waals surface area contributed by atoms with Crippen LogP contribution in [0.15, 0.2) is 30.5 Å². The number of nitrogens with zero attached hydrogens (tertiary/aromatic N) is 2. The van der Waals surface area contributed by atoms with E-state index < -0.39 is 0 Å². The summed E-state index contributed by atoms with van der Waals surface area (Å²) in [5.41, 5.74) is 7.39. The van der Waals surface area contributed by atoms with E-state index in [1.165, 1.54) is 0 Å². The predicted molar refractivity (Wildman–Crippen MR) is 70.4 cm³/mol. The Morgan fingerprint density at radius 1 is 1.33 bits per heavy atom. The first kappa shape index (κ1) is 12.2. The number of pyridine rings is 1. The molecule has 2 rings (SSSR count). The van der Waals surface area contributed by atoms with Crippen LogP contribution in [0.1, 0.15) is 5.56 Å². The zero-order valence-corrected chi connectivity index (χ0v) is 10.4. The third-order valence-electron chi connectivity index (χ3n) is 2.56. The number of rotatable bonds is 2. The summed E-state index contributed by atoms with van der Waals surface area (Å²) >= 11 is 6.17. The van der Waals surface area contributed by atoms with Gasteiger partial charge >= 0.3 is 0 Å². The lowest BCUT2D eigenvalue weighted by molar-refractivity contribution is 0.415. The molecule has 0 atom stereocenters. The van der Waals surface area contributed by atoms with Crippen molar-refractivity contribution < 1.29 is 4.74 Å². The summed E-state index contributed by atoms with van der Waals surface area (Å²) in [6.07, 6.45) is 1.55. The van der Waals surface area contributed by atoms with Gasteiger partial charge in [-0.1, -0.05) is 11.6 Å². The van der Waals surface area contributed by atoms with Gasteiger partial charge in [0, 0.05) is 17.3 Å². The number of benzene rings is 1. The second kappa shape index (κ2) is 4.94. The molecule has 0 aliphatic heterocycles. The van der Waals surface area contributed by atoms with E-state index in [1.54, 1.807) is 37.6 Å². The van der Waals surface area contributed by atoms with E-state index in [1.807, 2.05) is 6.07 Å². The quantitative estimate of drug-likeness (QED) is 0.900. The molecule has 0 amide bonds. The van der Waals surface area contributed by atoms with Gasteiger partial charge in [0.2, 0.25) is 0 Å². The van der Waals surface area contributed by atoms with E-state index in [0.717, 1.165) is 5.56 Å². The number of nitrogen functional groups attached to an aromatic ring is 1. The highest BCUT2D eigenvalue weighted by molar-refractivity contribution is 6.33. The van der Waals surface area contributed by atoms with Gasteiger partial charge in [-0.05, 0) is 24.3 Å². The summed E-state index contributed by atoms with van der Waals surface area (Å²) < 4.78 is 5.08. The normalized spacial score (nSPS) is 9.83. The molecule has 1 heterocycles. The fraction of sp³-hybridized carbons (Fsp3) is 0.0769. The molecular formula is C13H10ClN3O. The van der Waals surface area contributed by atoms with Gasteiger partial charge in [-0.15, -0.1) is 0 Å². The van der Waals surface area contributed by atoms with Crippen LogP contribution in [0.3, 0.4) is 0 Å². The number of anilines is 1. The van der Waals surface area contributed by atoms with Crippen molar-refractivity contribution in [1.82, 2.24) is 4.98 Å². The van der Waals surface area contributed by atoms with Crippen LogP contribution in [0, 0.1) is 11.3 Å². The second-order valence-corrected chi connectivity index (χ2v) is 3.98. The highest BCUT2D eigenvalue weighted by Gasteiger charge is 2.12. The minimum absolute atomic E-state index is 0.196. The van der Waals surface area contributed by atoms with Crippen LogP contribution in [0.4, 0.5) is 5.82 Å². The van der Waals surface area contributed by atoms with E-state index in [9.17, 15) is 0 Å². The Kier molecular flexibility index (Phi) is 3.35. The molecule has 0 bridgehead atoms. The predicted octanol–water partition coefficient (Wildman–Crippen LogP) is 2.86. The van der Waals surface area contributed by atoms with Crippen LogP contribution in [-0.4, -0.2) is 12.1 Å². The summed E-state index contributed by atoms with van der Waals surface area (Å²) in [5.74, 6) is 0.853. The third-order valence-corrected chi connectivity index (χ3v) is 2.87. The van der Waals surface area contributed by atoms with Crippen LogP contribution in [0.25, 0.3) is 11.1 Å². The average Bonchev–Trinajstić information content (AvgIpc) is 2.38. The smallest absolute Gasteiger partial charge is 0.141 e. The minimum Gasteiger partial charge on any atom is -0.497 e. The zero-order chi connectivity index (χ0) is 13.1. The van der Waals surface area contributed by atoms with E-state index in [2.05, 4.69) is 4.98 Å². The van der Waals surface area contributed by atoms with Gasteiger partial charge in [0.15, 0.2) is 0 Å². The molecule has 5 heteroatoms. The van der Waals surface area contributed by atoms with Gasteiger partial charge in [0.1, 0.15) is 23.2 Å². The number of aromatic nitrogens is 1. The molecular weight excluding hydrogens is 250 g/mol. The summed E-state index contributed by atoms with van der Waals surface area (Å²) in [7, 11) is 1.57. The van der Waals surface area contributed by atoms with Crippen molar-refractivity contribution in [2.24, 2.45) is 0 Å². The van der Waals surface area contributed by atoms with E-state index >= 15 is 0 Å². The van der Waals surface area contributed by atoms with Gasteiger partial charge < -0.3 is 10.5 Å². The summed E-state index contributed by atoms with van der Waals surface area (Å²) in [5, 5.41) is 9.61. The topological polar surface area (TPSA) is 71.9 Å². The molecule has 1 aromatic carbocycles. The fourth-order valence-corrected chi connectivity index (χ4v) is 1.93. The number of halogens is 1.